The molecule has 0 radical (unpaired) electrons. The minimum Gasteiger partial charge on any atom is -0.477 e. The zero-order chi connectivity index (χ0) is 9.97. The van der Waals surface area contributed by atoms with E-state index in [0.29, 0.717) is 4.88 Å². The summed E-state index contributed by atoms with van der Waals surface area (Å²) in [5.41, 5.74) is 1.64. The third kappa shape index (κ3) is 2.34. The van der Waals surface area contributed by atoms with Crippen molar-refractivity contribution in [2.24, 2.45) is 0 Å². The molecule has 2 aromatic heterocycles. The van der Waals surface area contributed by atoms with Gasteiger partial charge in [0.15, 0.2) is 0 Å². The Bertz CT molecular complexity index is 455. The molecule has 0 fully saturated rings. The maximum Gasteiger partial charge on any atom is 0.346 e. The fraction of sp³-hybridized carbons (Fsp3) is 0. The van der Waals surface area contributed by atoms with Gasteiger partial charge in [-0.25, -0.2) is 4.79 Å². The van der Waals surface area contributed by atoms with Gasteiger partial charge in [-0.1, -0.05) is 0 Å². The second-order valence-electron chi connectivity index (χ2n) is 2.70. The van der Waals surface area contributed by atoms with Crippen molar-refractivity contribution in [2.45, 2.75) is 0 Å². The van der Waals surface area contributed by atoms with E-state index in [0.717, 1.165) is 11.1 Å². The van der Waals surface area contributed by atoms with Crippen molar-refractivity contribution >= 4 is 29.7 Å². The van der Waals surface area contributed by atoms with E-state index < -0.39 is 5.97 Å². The first-order valence-electron chi connectivity index (χ1n) is 4.00. The van der Waals surface area contributed by atoms with E-state index in [1.807, 2.05) is 6.07 Å². The summed E-state index contributed by atoms with van der Waals surface area (Å²) in [4.78, 5) is 15.1. The number of nitrogens with zero attached hydrogens (tertiary/aromatic N) is 1. The van der Waals surface area contributed by atoms with Crippen LogP contribution in [-0.4, -0.2) is 16.1 Å². The summed E-state index contributed by atoms with van der Waals surface area (Å²) in [6, 6.07) is 5.41. The topological polar surface area (TPSA) is 50.2 Å². The highest BCUT2D eigenvalue weighted by atomic mass is 35.5. The quantitative estimate of drug-likeness (QED) is 0.880. The van der Waals surface area contributed by atoms with Crippen molar-refractivity contribution in [3.8, 4) is 11.1 Å². The van der Waals surface area contributed by atoms with Crippen LogP contribution in [-0.2, 0) is 0 Å². The molecule has 0 aromatic carbocycles. The number of carbonyl (C=O) groups is 1. The van der Waals surface area contributed by atoms with Crippen LogP contribution in [0.4, 0.5) is 0 Å². The number of aromatic carboxylic acids is 1. The maximum absolute atomic E-state index is 10.9. The Kier molecular flexibility index (Phi) is 3.82. The summed E-state index contributed by atoms with van der Waals surface area (Å²) in [6.45, 7) is 0. The van der Waals surface area contributed by atoms with Gasteiger partial charge in [-0.2, -0.15) is 0 Å². The first-order chi connectivity index (χ1) is 6.79. The van der Waals surface area contributed by atoms with Crippen LogP contribution in [0.5, 0.6) is 0 Å². The van der Waals surface area contributed by atoms with Crippen LogP contribution in [0.25, 0.3) is 11.1 Å². The molecule has 0 aliphatic heterocycles. The number of halogens is 1. The number of pyridine rings is 1. The summed E-state index contributed by atoms with van der Waals surface area (Å²) in [7, 11) is 0. The van der Waals surface area contributed by atoms with Crippen LogP contribution in [0.1, 0.15) is 9.67 Å². The highest BCUT2D eigenvalue weighted by molar-refractivity contribution is 7.12. The Morgan fingerprint density at radius 2 is 1.93 bits per heavy atom. The smallest absolute Gasteiger partial charge is 0.346 e. The van der Waals surface area contributed by atoms with Gasteiger partial charge in [0.25, 0.3) is 0 Å². The van der Waals surface area contributed by atoms with Gasteiger partial charge in [-0.05, 0) is 29.1 Å². The molecule has 2 rings (SSSR count). The van der Waals surface area contributed by atoms with Crippen molar-refractivity contribution < 1.29 is 9.90 Å². The third-order valence-corrected chi connectivity index (χ3v) is 2.75. The molecule has 0 saturated heterocycles. The number of hydrogen-bond acceptors (Lipinski definition) is 3. The van der Waals surface area contributed by atoms with E-state index in [1.54, 1.807) is 29.9 Å². The van der Waals surface area contributed by atoms with Gasteiger partial charge in [0.05, 0.1) is 0 Å². The number of carboxylic acids is 1. The normalized spacial score (nSPS) is 9.33. The van der Waals surface area contributed by atoms with Crippen molar-refractivity contribution in [2.75, 3.05) is 0 Å². The molecule has 0 saturated carbocycles. The fourth-order valence-electron chi connectivity index (χ4n) is 1.23. The SMILES string of the molecule is Cl.O=C(O)c1sccc1-c1ccncc1. The number of hydrogen-bond donors (Lipinski definition) is 1. The van der Waals surface area contributed by atoms with E-state index >= 15 is 0 Å². The Hall–Kier alpha value is -1.39. The lowest BCUT2D eigenvalue weighted by atomic mass is 10.1. The number of thiophene rings is 1. The molecule has 2 heterocycles. The number of carboxylic acid groups (broad SMARTS) is 1. The molecule has 15 heavy (non-hydrogen) atoms. The molecule has 0 aliphatic carbocycles. The van der Waals surface area contributed by atoms with E-state index in [2.05, 4.69) is 4.98 Å². The Morgan fingerprint density at radius 3 is 2.53 bits per heavy atom. The van der Waals surface area contributed by atoms with Crippen LogP contribution in [0.15, 0.2) is 36.0 Å². The Morgan fingerprint density at radius 1 is 1.27 bits per heavy atom. The Balaban J connectivity index is 0.00000112. The lowest BCUT2D eigenvalue weighted by molar-refractivity contribution is 0.0703. The summed E-state index contributed by atoms with van der Waals surface area (Å²) >= 11 is 1.23. The number of aromatic nitrogens is 1. The average Bonchev–Trinajstić information content (AvgIpc) is 2.67. The first kappa shape index (κ1) is 11.7. The molecule has 0 amide bonds. The van der Waals surface area contributed by atoms with E-state index in [9.17, 15) is 4.79 Å². The predicted octanol–water partition coefficient (Wildman–Crippen LogP) is 2.93. The van der Waals surface area contributed by atoms with Crippen LogP contribution in [0, 0.1) is 0 Å². The molecule has 0 spiro atoms. The van der Waals surface area contributed by atoms with Gasteiger partial charge in [0.1, 0.15) is 4.88 Å². The van der Waals surface area contributed by atoms with Crippen LogP contribution >= 0.6 is 23.7 Å². The number of rotatable bonds is 2. The summed E-state index contributed by atoms with van der Waals surface area (Å²) in [6.07, 6.45) is 3.30. The molecule has 5 heteroatoms. The predicted molar refractivity (Wildman–Crippen MR) is 61.8 cm³/mol. The highest BCUT2D eigenvalue weighted by Gasteiger charge is 2.12. The summed E-state index contributed by atoms with van der Waals surface area (Å²) in [5, 5.41) is 10.7. The fourth-order valence-corrected chi connectivity index (χ4v) is 1.99. The standard InChI is InChI=1S/C10H7NO2S.ClH/c12-10(13)9-8(3-6-14-9)7-1-4-11-5-2-7;/h1-6H,(H,12,13);1H. The van der Waals surface area contributed by atoms with Gasteiger partial charge in [-0.15, -0.1) is 23.7 Å². The minimum absolute atomic E-state index is 0. The zero-order valence-electron chi connectivity index (χ0n) is 7.58. The first-order valence-corrected chi connectivity index (χ1v) is 4.88. The minimum atomic E-state index is -0.883. The van der Waals surface area contributed by atoms with E-state index in [1.165, 1.54) is 11.3 Å². The van der Waals surface area contributed by atoms with Gasteiger partial charge >= 0.3 is 5.97 Å². The monoisotopic (exact) mass is 241 g/mol. The van der Waals surface area contributed by atoms with Gasteiger partial charge < -0.3 is 5.11 Å². The molecule has 78 valence electrons. The van der Waals surface area contributed by atoms with Gasteiger partial charge in [0, 0.05) is 18.0 Å². The Labute approximate surface area is 96.8 Å². The van der Waals surface area contributed by atoms with Crippen molar-refractivity contribution in [1.82, 2.24) is 4.98 Å². The van der Waals surface area contributed by atoms with Gasteiger partial charge in [0.2, 0.25) is 0 Å². The molecule has 0 atom stereocenters. The van der Waals surface area contributed by atoms with Crippen LogP contribution in [0.2, 0.25) is 0 Å². The molecule has 0 unspecified atom stereocenters. The molecule has 3 nitrogen and oxygen atoms in total. The lowest BCUT2D eigenvalue weighted by Crippen LogP contribution is -1.94. The molecular formula is C10H8ClNO2S. The molecule has 1 N–H and O–H groups in total. The van der Waals surface area contributed by atoms with E-state index in [-0.39, 0.29) is 12.4 Å². The second kappa shape index (κ2) is 4.91. The summed E-state index contributed by atoms with van der Waals surface area (Å²) in [5.74, 6) is -0.883. The summed E-state index contributed by atoms with van der Waals surface area (Å²) < 4.78 is 0. The lowest BCUT2D eigenvalue weighted by Gasteiger charge is -1.98. The average molecular weight is 242 g/mol. The largest absolute Gasteiger partial charge is 0.477 e. The maximum atomic E-state index is 10.9. The third-order valence-electron chi connectivity index (χ3n) is 1.85. The van der Waals surface area contributed by atoms with Crippen LogP contribution < -0.4 is 0 Å². The van der Waals surface area contributed by atoms with Crippen LogP contribution in [0.3, 0.4) is 0 Å². The molecule has 0 aliphatic rings. The second-order valence-corrected chi connectivity index (χ2v) is 3.62. The van der Waals surface area contributed by atoms with Crippen molar-refractivity contribution in [1.29, 1.82) is 0 Å². The van der Waals surface area contributed by atoms with Gasteiger partial charge in [-0.3, -0.25) is 4.98 Å². The van der Waals surface area contributed by atoms with Crippen molar-refractivity contribution in [3.63, 3.8) is 0 Å². The van der Waals surface area contributed by atoms with Crippen molar-refractivity contribution in [3.05, 3.63) is 40.8 Å². The molecule has 2 aromatic rings. The zero-order valence-corrected chi connectivity index (χ0v) is 9.22. The highest BCUT2D eigenvalue weighted by Crippen LogP contribution is 2.27. The molecule has 0 bridgehead atoms. The van der Waals surface area contributed by atoms with E-state index in [4.69, 9.17) is 5.11 Å². The molecular weight excluding hydrogens is 234 g/mol.